The molecule has 0 aliphatic heterocycles. The molecule has 25 heavy (non-hydrogen) atoms. The average molecular weight is 336 g/mol. The number of benzene rings is 2. The van der Waals surface area contributed by atoms with Crippen molar-refractivity contribution in [2.75, 3.05) is 0 Å². The van der Waals surface area contributed by atoms with Crippen LogP contribution in [0.3, 0.4) is 0 Å². The molecule has 0 aliphatic carbocycles. The van der Waals surface area contributed by atoms with Crippen molar-refractivity contribution >= 4 is 11.0 Å². The Morgan fingerprint density at radius 1 is 1.08 bits per heavy atom. The predicted molar refractivity (Wildman–Crippen MR) is 102 cm³/mol. The molecule has 0 saturated carbocycles. The van der Waals surface area contributed by atoms with E-state index in [0.717, 1.165) is 47.0 Å². The van der Waals surface area contributed by atoms with Gasteiger partial charge >= 0.3 is 5.63 Å². The van der Waals surface area contributed by atoms with Crippen molar-refractivity contribution < 1.29 is 9.73 Å². The summed E-state index contributed by atoms with van der Waals surface area (Å²) in [5.74, 6) is 0. The van der Waals surface area contributed by atoms with E-state index in [-0.39, 0.29) is 5.63 Å². The van der Waals surface area contributed by atoms with Crippen molar-refractivity contribution in [1.82, 2.24) is 0 Å². The normalized spacial score (nSPS) is 12.4. The van der Waals surface area contributed by atoms with Gasteiger partial charge in [0.05, 0.1) is 0 Å². The maximum absolute atomic E-state index is 12.0. The van der Waals surface area contributed by atoms with E-state index >= 15 is 0 Å². The lowest BCUT2D eigenvalue weighted by atomic mass is 10.0. The summed E-state index contributed by atoms with van der Waals surface area (Å²) >= 11 is 0. The highest BCUT2D eigenvalue weighted by molar-refractivity contribution is 5.83. The summed E-state index contributed by atoms with van der Waals surface area (Å²) in [6, 6.07) is 16.8. The second-order valence-corrected chi connectivity index (χ2v) is 6.72. The first-order chi connectivity index (χ1) is 12.1. The fraction of sp³-hybridized carbons (Fsp3) is 0.318. The van der Waals surface area contributed by atoms with E-state index in [1.807, 2.05) is 19.9 Å². The number of rotatable bonds is 6. The van der Waals surface area contributed by atoms with E-state index in [2.05, 4.69) is 48.6 Å². The highest BCUT2D eigenvalue weighted by Gasteiger charge is 2.16. The molecule has 3 heteroatoms. The maximum atomic E-state index is 12.0. The van der Waals surface area contributed by atoms with Crippen molar-refractivity contribution in [3.05, 3.63) is 81.2 Å². The first kappa shape index (κ1) is 17.4. The van der Waals surface area contributed by atoms with Crippen molar-refractivity contribution in [3.8, 4) is 0 Å². The van der Waals surface area contributed by atoms with E-state index in [0.29, 0.717) is 6.04 Å². The number of hydrogen-bond donors (Lipinski definition) is 1. The lowest BCUT2D eigenvalue weighted by Crippen LogP contribution is -2.83. The van der Waals surface area contributed by atoms with Gasteiger partial charge in [0.25, 0.3) is 0 Å². The highest BCUT2D eigenvalue weighted by Crippen LogP contribution is 2.23. The van der Waals surface area contributed by atoms with Gasteiger partial charge in [-0.3, -0.25) is 0 Å². The smallest absolute Gasteiger partial charge is 0.336 e. The lowest BCUT2D eigenvalue weighted by Gasteiger charge is -2.16. The van der Waals surface area contributed by atoms with Crippen LogP contribution in [0.1, 0.15) is 48.1 Å². The summed E-state index contributed by atoms with van der Waals surface area (Å²) < 4.78 is 5.48. The van der Waals surface area contributed by atoms with Gasteiger partial charge in [-0.25, -0.2) is 4.79 Å². The topological polar surface area (TPSA) is 46.8 Å². The molecule has 2 N–H and O–H groups in total. The molecule has 0 aliphatic rings. The Morgan fingerprint density at radius 2 is 1.84 bits per heavy atom. The standard InChI is InChI=1S/C22H25NO2/c1-4-8-20(17-9-6-5-7-10-17)23-14-18-13-21(24)25-22-16(3)15(2)11-12-19(18)22/h5-7,9-13,20,23H,4,8,14H2,1-3H3/p+1/t20-/m0/s1. The van der Waals surface area contributed by atoms with Crippen LogP contribution in [0.15, 0.2) is 57.7 Å². The third kappa shape index (κ3) is 3.83. The van der Waals surface area contributed by atoms with E-state index in [9.17, 15) is 4.79 Å². The highest BCUT2D eigenvalue weighted by atomic mass is 16.4. The summed E-state index contributed by atoms with van der Waals surface area (Å²) in [7, 11) is 0. The molecule has 0 radical (unpaired) electrons. The molecular formula is C22H26NO2+. The molecule has 3 aromatic rings. The predicted octanol–water partition coefficient (Wildman–Crippen LogP) is 4.01. The average Bonchev–Trinajstić information content (AvgIpc) is 2.62. The molecule has 0 fully saturated rings. The van der Waals surface area contributed by atoms with E-state index in [4.69, 9.17) is 4.42 Å². The van der Waals surface area contributed by atoms with Crippen LogP contribution in [0.5, 0.6) is 0 Å². The second kappa shape index (κ2) is 7.66. The second-order valence-electron chi connectivity index (χ2n) is 6.72. The molecular weight excluding hydrogens is 310 g/mol. The lowest BCUT2D eigenvalue weighted by molar-refractivity contribution is -0.711. The number of nitrogens with two attached hydrogens (primary N) is 1. The Hall–Kier alpha value is -2.39. The minimum Gasteiger partial charge on any atom is -0.422 e. The molecule has 3 nitrogen and oxygen atoms in total. The quantitative estimate of drug-likeness (QED) is 0.691. The van der Waals surface area contributed by atoms with Gasteiger partial charge in [0.15, 0.2) is 0 Å². The van der Waals surface area contributed by atoms with Crippen LogP contribution in [0.2, 0.25) is 0 Å². The molecule has 0 saturated heterocycles. The monoisotopic (exact) mass is 336 g/mol. The van der Waals surface area contributed by atoms with Gasteiger partial charge in [-0.1, -0.05) is 55.8 Å². The number of hydrogen-bond acceptors (Lipinski definition) is 2. The Bertz CT molecular complexity index is 912. The van der Waals surface area contributed by atoms with Crippen LogP contribution >= 0.6 is 0 Å². The largest absolute Gasteiger partial charge is 0.422 e. The Balaban J connectivity index is 1.92. The van der Waals surface area contributed by atoms with Crippen molar-refractivity contribution in [1.29, 1.82) is 0 Å². The Morgan fingerprint density at radius 3 is 2.56 bits per heavy atom. The Kier molecular flexibility index (Phi) is 5.34. The zero-order valence-electron chi connectivity index (χ0n) is 15.2. The minimum atomic E-state index is -0.267. The van der Waals surface area contributed by atoms with Gasteiger partial charge in [0.1, 0.15) is 18.2 Å². The van der Waals surface area contributed by atoms with Crippen LogP contribution in [-0.2, 0) is 6.54 Å². The number of quaternary nitrogens is 1. The molecule has 0 bridgehead atoms. The van der Waals surface area contributed by atoms with Gasteiger partial charge in [-0.2, -0.15) is 0 Å². The van der Waals surface area contributed by atoms with Crippen LogP contribution < -0.4 is 10.9 Å². The summed E-state index contributed by atoms with van der Waals surface area (Å²) in [5, 5.41) is 3.38. The summed E-state index contributed by atoms with van der Waals surface area (Å²) in [6.07, 6.45) is 2.24. The van der Waals surface area contributed by atoms with Crippen molar-refractivity contribution in [2.45, 2.75) is 46.2 Å². The molecule has 2 aromatic carbocycles. The third-order valence-corrected chi connectivity index (χ3v) is 4.97. The third-order valence-electron chi connectivity index (χ3n) is 4.97. The SMILES string of the molecule is CCC[C@H]([NH2+]Cc1cc(=O)oc2c(C)c(C)ccc12)c1ccccc1. The molecule has 130 valence electrons. The van der Waals surface area contributed by atoms with Gasteiger partial charge in [-0.05, 0) is 25.0 Å². The van der Waals surface area contributed by atoms with Crippen molar-refractivity contribution in [2.24, 2.45) is 0 Å². The van der Waals surface area contributed by atoms with Crippen LogP contribution in [0.4, 0.5) is 0 Å². The summed E-state index contributed by atoms with van der Waals surface area (Å²) in [4.78, 5) is 12.0. The zero-order chi connectivity index (χ0) is 17.8. The summed E-state index contributed by atoms with van der Waals surface area (Å²) in [6.45, 7) is 7.03. The number of aryl methyl sites for hydroxylation is 2. The van der Waals surface area contributed by atoms with E-state index in [1.165, 1.54) is 5.56 Å². The molecule has 0 unspecified atom stereocenters. The fourth-order valence-electron chi connectivity index (χ4n) is 3.39. The van der Waals surface area contributed by atoms with Gasteiger partial charge in [0, 0.05) is 29.0 Å². The molecule has 0 amide bonds. The minimum absolute atomic E-state index is 0.267. The molecule has 0 spiro atoms. The van der Waals surface area contributed by atoms with E-state index < -0.39 is 0 Å². The van der Waals surface area contributed by atoms with Crippen molar-refractivity contribution in [3.63, 3.8) is 0 Å². The first-order valence-corrected chi connectivity index (χ1v) is 9.01. The van der Waals surface area contributed by atoms with E-state index in [1.54, 1.807) is 6.07 Å². The Labute approximate surface area is 148 Å². The first-order valence-electron chi connectivity index (χ1n) is 9.01. The zero-order valence-corrected chi connectivity index (χ0v) is 15.2. The van der Waals surface area contributed by atoms with Gasteiger partial charge in [-0.15, -0.1) is 0 Å². The molecule has 1 atom stereocenters. The van der Waals surface area contributed by atoms with Gasteiger partial charge < -0.3 is 9.73 Å². The summed E-state index contributed by atoms with van der Waals surface area (Å²) in [5.41, 5.74) is 5.03. The van der Waals surface area contributed by atoms with Gasteiger partial charge in [0.2, 0.25) is 0 Å². The molecule has 1 aromatic heterocycles. The molecule has 1 heterocycles. The van der Waals surface area contributed by atoms with Crippen LogP contribution in [0.25, 0.3) is 11.0 Å². The van der Waals surface area contributed by atoms with Crippen LogP contribution in [0, 0.1) is 13.8 Å². The van der Waals surface area contributed by atoms with Crippen LogP contribution in [-0.4, -0.2) is 0 Å². The fourth-order valence-corrected chi connectivity index (χ4v) is 3.39. The molecule has 3 rings (SSSR count). The number of fused-ring (bicyclic) bond motifs is 1. The maximum Gasteiger partial charge on any atom is 0.336 e.